The molecule has 0 unspecified atom stereocenters. The summed E-state index contributed by atoms with van der Waals surface area (Å²) in [6.07, 6.45) is 2.43. The highest BCUT2D eigenvalue weighted by Crippen LogP contribution is 2.18. The predicted molar refractivity (Wildman–Crippen MR) is 73.2 cm³/mol. The average molecular weight is 285 g/mol. The Balaban J connectivity index is 2.80. The van der Waals surface area contributed by atoms with E-state index in [-0.39, 0.29) is 24.2 Å². The van der Waals surface area contributed by atoms with Crippen molar-refractivity contribution < 1.29 is 14.7 Å². The largest absolute Gasteiger partial charge is 0.481 e. The van der Waals surface area contributed by atoms with Crippen LogP contribution in [0.15, 0.2) is 11.4 Å². The summed E-state index contributed by atoms with van der Waals surface area (Å²) in [5.41, 5.74) is 0.923. The molecule has 0 saturated carbocycles. The van der Waals surface area contributed by atoms with Crippen molar-refractivity contribution in [2.75, 3.05) is 5.75 Å². The number of aryl methyl sites for hydroxylation is 1. The van der Waals surface area contributed by atoms with Crippen molar-refractivity contribution in [1.29, 1.82) is 0 Å². The third-order valence-electron chi connectivity index (χ3n) is 2.34. The topological polar surface area (TPSA) is 84.2 Å². The normalized spacial score (nSPS) is 10.7. The van der Waals surface area contributed by atoms with Gasteiger partial charge in [-0.3, -0.25) is 9.59 Å². The molecular weight excluding hydrogens is 266 g/mol. The van der Waals surface area contributed by atoms with Crippen LogP contribution in [-0.2, 0) is 22.6 Å². The lowest BCUT2D eigenvalue weighted by atomic mass is 10.3. The van der Waals surface area contributed by atoms with Crippen LogP contribution in [0, 0.1) is 0 Å². The van der Waals surface area contributed by atoms with E-state index in [1.54, 1.807) is 10.8 Å². The minimum atomic E-state index is -0.899. The molecule has 1 heterocycles. The molecule has 0 aromatic carbocycles. The van der Waals surface area contributed by atoms with Crippen molar-refractivity contribution in [3.05, 3.63) is 11.9 Å². The number of nitrogens with one attached hydrogen (secondary N) is 1. The Kier molecular flexibility index (Phi) is 5.88. The maximum atomic E-state index is 11.8. The van der Waals surface area contributed by atoms with E-state index >= 15 is 0 Å². The molecule has 1 aromatic rings. The highest BCUT2D eigenvalue weighted by Gasteiger charge is 2.14. The number of carboxylic acid groups (broad SMARTS) is 1. The van der Waals surface area contributed by atoms with E-state index in [1.165, 1.54) is 0 Å². The number of carbonyl (C=O) groups excluding carboxylic acids is 1. The van der Waals surface area contributed by atoms with E-state index in [4.69, 9.17) is 5.11 Å². The Labute approximate surface area is 116 Å². The molecule has 1 rings (SSSR count). The van der Waals surface area contributed by atoms with Crippen LogP contribution in [0.1, 0.15) is 26.5 Å². The van der Waals surface area contributed by atoms with Crippen LogP contribution in [0.5, 0.6) is 0 Å². The number of rotatable bonds is 7. The molecule has 0 aliphatic heterocycles. The molecule has 106 valence electrons. The molecule has 0 aliphatic carbocycles. The molecule has 0 fully saturated rings. The van der Waals surface area contributed by atoms with E-state index in [0.717, 1.165) is 23.9 Å². The zero-order chi connectivity index (χ0) is 14.4. The number of aliphatic carboxylic acids is 1. The van der Waals surface area contributed by atoms with Crippen LogP contribution in [0.25, 0.3) is 0 Å². The van der Waals surface area contributed by atoms with Crippen molar-refractivity contribution in [1.82, 2.24) is 14.9 Å². The first-order valence-corrected chi connectivity index (χ1v) is 7.11. The number of nitrogens with zero attached hydrogens (tertiary/aromatic N) is 2. The van der Waals surface area contributed by atoms with Gasteiger partial charge in [-0.25, -0.2) is 4.98 Å². The van der Waals surface area contributed by atoms with E-state index in [1.807, 2.05) is 20.8 Å². The Hall–Kier alpha value is -1.50. The molecule has 1 aromatic heterocycles. The van der Waals surface area contributed by atoms with Gasteiger partial charge in [0.05, 0.1) is 5.75 Å². The molecule has 0 spiro atoms. The third kappa shape index (κ3) is 4.94. The summed E-state index contributed by atoms with van der Waals surface area (Å²) in [6.45, 7) is 5.93. The second kappa shape index (κ2) is 7.18. The number of thioether (sulfide) groups is 1. The number of aromatic nitrogens is 2. The first-order chi connectivity index (χ1) is 8.93. The van der Waals surface area contributed by atoms with E-state index in [9.17, 15) is 9.59 Å². The number of hydrogen-bond acceptors (Lipinski definition) is 4. The number of amides is 1. The van der Waals surface area contributed by atoms with Crippen LogP contribution < -0.4 is 5.32 Å². The maximum Gasteiger partial charge on any atom is 0.313 e. The third-order valence-corrected chi connectivity index (χ3v) is 3.32. The van der Waals surface area contributed by atoms with Gasteiger partial charge in [-0.2, -0.15) is 0 Å². The highest BCUT2D eigenvalue weighted by atomic mass is 32.2. The van der Waals surface area contributed by atoms with Gasteiger partial charge in [0.25, 0.3) is 0 Å². The van der Waals surface area contributed by atoms with Gasteiger partial charge in [-0.15, -0.1) is 0 Å². The summed E-state index contributed by atoms with van der Waals surface area (Å²) in [7, 11) is 0. The second-order valence-corrected chi connectivity index (χ2v) is 5.32. The fourth-order valence-corrected chi connectivity index (χ4v) is 2.31. The highest BCUT2D eigenvalue weighted by molar-refractivity contribution is 7.99. The molecule has 0 aliphatic rings. The van der Waals surface area contributed by atoms with Crippen molar-refractivity contribution in [2.45, 2.75) is 44.9 Å². The Bertz CT molecular complexity index is 457. The first kappa shape index (κ1) is 15.6. The molecule has 0 bridgehead atoms. The van der Waals surface area contributed by atoms with Crippen LogP contribution >= 0.6 is 11.8 Å². The molecule has 2 N–H and O–H groups in total. The summed E-state index contributed by atoms with van der Waals surface area (Å²) >= 11 is 1.12. The SMILES string of the molecule is CCc1cnc(SCC(=O)O)n1CC(=O)NC(C)C. The van der Waals surface area contributed by atoms with Crippen molar-refractivity contribution in [3.63, 3.8) is 0 Å². The molecule has 19 heavy (non-hydrogen) atoms. The maximum absolute atomic E-state index is 11.8. The second-order valence-electron chi connectivity index (χ2n) is 4.38. The van der Waals surface area contributed by atoms with Gasteiger partial charge in [0.15, 0.2) is 5.16 Å². The molecule has 0 saturated heterocycles. The number of imidazole rings is 1. The molecule has 0 atom stereocenters. The number of carbonyl (C=O) groups is 2. The van der Waals surface area contributed by atoms with Gasteiger partial charge in [0, 0.05) is 17.9 Å². The fraction of sp³-hybridized carbons (Fsp3) is 0.583. The van der Waals surface area contributed by atoms with Gasteiger partial charge < -0.3 is 15.0 Å². The molecule has 7 heteroatoms. The van der Waals surface area contributed by atoms with Gasteiger partial charge in [0.2, 0.25) is 5.91 Å². The van der Waals surface area contributed by atoms with Crippen molar-refractivity contribution in [2.24, 2.45) is 0 Å². The zero-order valence-corrected chi connectivity index (χ0v) is 12.2. The Morgan fingerprint density at radius 3 is 2.74 bits per heavy atom. The molecular formula is C12H19N3O3S. The van der Waals surface area contributed by atoms with E-state index in [2.05, 4.69) is 10.3 Å². The lowest BCUT2D eigenvalue weighted by molar-refractivity contribution is -0.133. The fourth-order valence-electron chi connectivity index (χ4n) is 1.60. The minimum absolute atomic E-state index is 0.0635. The van der Waals surface area contributed by atoms with Crippen LogP contribution in [0.3, 0.4) is 0 Å². The quantitative estimate of drug-likeness (QED) is 0.734. The molecule has 1 amide bonds. The van der Waals surface area contributed by atoms with Crippen molar-refractivity contribution >= 4 is 23.6 Å². The summed E-state index contributed by atoms with van der Waals surface area (Å²) in [4.78, 5) is 26.6. The molecule has 6 nitrogen and oxygen atoms in total. The van der Waals surface area contributed by atoms with Gasteiger partial charge >= 0.3 is 5.97 Å². The minimum Gasteiger partial charge on any atom is -0.481 e. The van der Waals surface area contributed by atoms with Gasteiger partial charge in [0.1, 0.15) is 6.54 Å². The van der Waals surface area contributed by atoms with Gasteiger partial charge in [-0.1, -0.05) is 18.7 Å². The predicted octanol–water partition coefficient (Wildman–Crippen LogP) is 1.15. The number of carboxylic acids is 1. The van der Waals surface area contributed by atoms with Crippen LogP contribution in [0.2, 0.25) is 0 Å². The first-order valence-electron chi connectivity index (χ1n) is 6.12. The van der Waals surface area contributed by atoms with E-state index in [0.29, 0.717) is 5.16 Å². The van der Waals surface area contributed by atoms with Crippen LogP contribution in [-0.4, -0.2) is 38.3 Å². The number of hydrogen-bond donors (Lipinski definition) is 2. The Morgan fingerprint density at radius 1 is 1.53 bits per heavy atom. The summed E-state index contributed by atoms with van der Waals surface area (Å²) in [5, 5.41) is 12.1. The summed E-state index contributed by atoms with van der Waals surface area (Å²) < 4.78 is 1.77. The lowest BCUT2D eigenvalue weighted by Crippen LogP contribution is -2.33. The van der Waals surface area contributed by atoms with Crippen molar-refractivity contribution in [3.8, 4) is 0 Å². The van der Waals surface area contributed by atoms with Crippen LogP contribution in [0.4, 0.5) is 0 Å². The van der Waals surface area contributed by atoms with Gasteiger partial charge in [-0.05, 0) is 20.3 Å². The smallest absolute Gasteiger partial charge is 0.313 e. The summed E-state index contributed by atoms with van der Waals surface area (Å²) in [6, 6.07) is 0.0798. The monoisotopic (exact) mass is 285 g/mol. The standard InChI is InChI=1S/C12H19N3O3S/c1-4-9-5-13-12(19-7-11(17)18)15(9)6-10(16)14-8(2)3/h5,8H,4,6-7H2,1-3H3,(H,14,16)(H,17,18). The van der Waals surface area contributed by atoms with E-state index < -0.39 is 5.97 Å². The molecule has 0 radical (unpaired) electrons. The lowest BCUT2D eigenvalue weighted by Gasteiger charge is -2.12. The Morgan fingerprint density at radius 2 is 2.21 bits per heavy atom. The zero-order valence-electron chi connectivity index (χ0n) is 11.3. The summed E-state index contributed by atoms with van der Waals surface area (Å²) in [5.74, 6) is -1.06. The average Bonchev–Trinajstić information content (AvgIpc) is 2.67.